The largest absolute Gasteiger partial charge is 0.272 e. The third-order valence-electron chi connectivity index (χ3n) is 4.61. The van der Waals surface area contributed by atoms with Crippen LogP contribution in [0.2, 0.25) is 0 Å². The lowest BCUT2D eigenvalue weighted by Crippen LogP contribution is -2.24. The van der Waals surface area contributed by atoms with Crippen molar-refractivity contribution in [3.8, 4) is 5.69 Å². The van der Waals surface area contributed by atoms with Crippen molar-refractivity contribution in [3.05, 3.63) is 94.8 Å². The molecule has 8 heteroatoms. The normalized spacial score (nSPS) is 11.2. The van der Waals surface area contributed by atoms with Crippen LogP contribution in [0.15, 0.2) is 98.8 Å². The van der Waals surface area contributed by atoms with Gasteiger partial charge in [-0.2, -0.15) is 5.10 Å². The lowest BCUT2D eigenvalue weighted by molar-refractivity contribution is -0.118. The number of para-hydroxylation sites is 2. The van der Waals surface area contributed by atoms with Gasteiger partial charge in [-0.25, -0.2) is 10.4 Å². The third kappa shape index (κ3) is 5.09. The van der Waals surface area contributed by atoms with Crippen molar-refractivity contribution in [1.82, 2.24) is 15.0 Å². The Kier molecular flexibility index (Phi) is 7.03. The molecule has 0 aliphatic carbocycles. The summed E-state index contributed by atoms with van der Waals surface area (Å²) in [5.41, 5.74) is 4.55. The van der Waals surface area contributed by atoms with E-state index in [1.165, 1.54) is 16.3 Å². The Morgan fingerprint density at radius 3 is 2.50 bits per heavy atom. The molecule has 32 heavy (non-hydrogen) atoms. The molecule has 0 saturated carbocycles. The maximum atomic E-state index is 13.2. The molecule has 1 amide bonds. The molecule has 4 rings (SSSR count). The second kappa shape index (κ2) is 10.3. The van der Waals surface area contributed by atoms with Crippen molar-refractivity contribution in [1.29, 1.82) is 0 Å². The van der Waals surface area contributed by atoms with Crippen LogP contribution in [0.5, 0.6) is 0 Å². The van der Waals surface area contributed by atoms with Gasteiger partial charge in [0, 0.05) is 4.90 Å². The smallest absolute Gasteiger partial charge is 0.266 e. The van der Waals surface area contributed by atoms with Gasteiger partial charge >= 0.3 is 0 Å². The highest BCUT2D eigenvalue weighted by molar-refractivity contribution is 7.99. The third-order valence-corrected chi connectivity index (χ3v) is 6.29. The number of aromatic nitrogens is 2. The van der Waals surface area contributed by atoms with Gasteiger partial charge in [0.05, 0.1) is 28.6 Å². The molecule has 0 saturated heterocycles. The summed E-state index contributed by atoms with van der Waals surface area (Å²) in [6.45, 7) is 0. The lowest BCUT2D eigenvalue weighted by atomic mass is 10.2. The van der Waals surface area contributed by atoms with Gasteiger partial charge in [0.2, 0.25) is 0 Å². The summed E-state index contributed by atoms with van der Waals surface area (Å²) < 4.78 is 1.54. The van der Waals surface area contributed by atoms with Crippen molar-refractivity contribution in [3.63, 3.8) is 0 Å². The first-order chi connectivity index (χ1) is 15.7. The topological polar surface area (TPSA) is 76.3 Å². The Hall–Kier alpha value is -3.36. The molecule has 0 aliphatic rings. The van der Waals surface area contributed by atoms with Crippen LogP contribution in [0.3, 0.4) is 0 Å². The number of thioether (sulfide) groups is 2. The van der Waals surface area contributed by atoms with E-state index in [-0.39, 0.29) is 17.2 Å². The first kappa shape index (κ1) is 21.9. The quantitative estimate of drug-likeness (QED) is 0.192. The number of rotatable bonds is 7. The fraction of sp³-hybridized carbons (Fsp3) is 0.0833. The van der Waals surface area contributed by atoms with Crippen molar-refractivity contribution in [2.24, 2.45) is 5.10 Å². The van der Waals surface area contributed by atoms with Gasteiger partial charge in [0.25, 0.3) is 11.5 Å². The molecule has 6 nitrogen and oxygen atoms in total. The van der Waals surface area contributed by atoms with Crippen LogP contribution in [0.25, 0.3) is 16.6 Å². The second-order valence-electron chi connectivity index (χ2n) is 6.74. The average Bonchev–Trinajstić information content (AvgIpc) is 2.84. The molecule has 0 aliphatic heterocycles. The van der Waals surface area contributed by atoms with E-state index in [0.717, 1.165) is 10.5 Å². The molecule has 0 unspecified atom stereocenters. The summed E-state index contributed by atoms with van der Waals surface area (Å²) in [7, 11) is 0. The summed E-state index contributed by atoms with van der Waals surface area (Å²) in [6.07, 6.45) is 3.61. The van der Waals surface area contributed by atoms with Gasteiger partial charge in [0.15, 0.2) is 5.16 Å². The zero-order valence-corrected chi connectivity index (χ0v) is 18.9. The van der Waals surface area contributed by atoms with Crippen molar-refractivity contribution in [2.45, 2.75) is 10.1 Å². The summed E-state index contributed by atoms with van der Waals surface area (Å²) in [6, 6.07) is 24.4. The SMILES string of the molecule is CSc1ccc(C=NNC(=O)CSc2nc3ccccc3c(=O)n2-c2ccccc2)cc1. The number of carbonyl (C=O) groups is 1. The number of nitrogens with zero attached hydrogens (tertiary/aromatic N) is 3. The van der Waals surface area contributed by atoms with E-state index >= 15 is 0 Å². The number of benzene rings is 3. The zero-order valence-electron chi connectivity index (χ0n) is 17.3. The number of nitrogens with one attached hydrogen (secondary N) is 1. The fourth-order valence-electron chi connectivity index (χ4n) is 3.05. The number of amides is 1. The molecule has 0 spiro atoms. The van der Waals surface area contributed by atoms with E-state index in [4.69, 9.17) is 0 Å². The molecule has 0 atom stereocenters. The Labute approximate surface area is 193 Å². The van der Waals surface area contributed by atoms with Gasteiger partial charge in [-0.3, -0.25) is 14.2 Å². The Morgan fingerprint density at radius 1 is 1.03 bits per heavy atom. The van der Waals surface area contributed by atoms with Crippen LogP contribution in [-0.4, -0.2) is 33.7 Å². The van der Waals surface area contributed by atoms with Crippen molar-refractivity contribution in [2.75, 3.05) is 12.0 Å². The predicted octanol–water partition coefficient (Wildman–Crippen LogP) is 4.35. The summed E-state index contributed by atoms with van der Waals surface area (Å²) in [5.74, 6) is -0.214. The van der Waals surface area contributed by atoms with Crippen LogP contribution in [-0.2, 0) is 4.79 Å². The molecule has 4 aromatic rings. The lowest BCUT2D eigenvalue weighted by Gasteiger charge is -2.12. The maximum absolute atomic E-state index is 13.2. The number of carbonyl (C=O) groups excluding carboxylic acids is 1. The van der Waals surface area contributed by atoms with Gasteiger partial charge in [-0.1, -0.05) is 54.2 Å². The van der Waals surface area contributed by atoms with Crippen molar-refractivity contribution < 1.29 is 4.79 Å². The Bertz CT molecular complexity index is 1320. The van der Waals surface area contributed by atoms with Gasteiger partial charge < -0.3 is 0 Å². The second-order valence-corrected chi connectivity index (χ2v) is 8.56. The molecule has 160 valence electrons. The van der Waals surface area contributed by atoms with Crippen LogP contribution in [0.4, 0.5) is 0 Å². The molecule has 1 heterocycles. The standard InChI is InChI=1S/C24H20N4O2S2/c1-31-19-13-11-17(12-14-19)15-25-27-22(29)16-32-24-26-21-10-6-5-9-20(21)23(30)28(24)18-7-3-2-4-8-18/h2-15H,16H2,1H3,(H,27,29). The molecule has 3 aromatic carbocycles. The van der Waals surface area contributed by atoms with E-state index in [2.05, 4.69) is 15.5 Å². The van der Waals surface area contributed by atoms with E-state index in [9.17, 15) is 9.59 Å². The molecule has 1 aromatic heterocycles. The molecule has 0 radical (unpaired) electrons. The van der Waals surface area contributed by atoms with E-state index < -0.39 is 0 Å². The summed E-state index contributed by atoms with van der Waals surface area (Å²) in [5, 5.41) is 5.00. The molecular formula is C24H20N4O2S2. The predicted molar refractivity (Wildman–Crippen MR) is 132 cm³/mol. The van der Waals surface area contributed by atoms with E-state index in [0.29, 0.717) is 21.7 Å². The molecular weight excluding hydrogens is 440 g/mol. The summed E-state index contributed by atoms with van der Waals surface area (Å²) >= 11 is 2.86. The van der Waals surface area contributed by atoms with Gasteiger partial charge in [-0.15, -0.1) is 11.8 Å². The minimum atomic E-state index is -0.283. The fourth-order valence-corrected chi connectivity index (χ4v) is 4.26. The van der Waals surface area contributed by atoms with Gasteiger partial charge in [0.1, 0.15) is 0 Å². The highest BCUT2D eigenvalue weighted by Gasteiger charge is 2.14. The number of fused-ring (bicyclic) bond motifs is 1. The average molecular weight is 461 g/mol. The maximum Gasteiger partial charge on any atom is 0.266 e. The van der Waals surface area contributed by atoms with Crippen LogP contribution in [0.1, 0.15) is 5.56 Å². The zero-order chi connectivity index (χ0) is 22.3. The minimum absolute atomic E-state index is 0.0698. The van der Waals surface area contributed by atoms with Gasteiger partial charge in [-0.05, 0) is 48.2 Å². The minimum Gasteiger partial charge on any atom is -0.272 e. The highest BCUT2D eigenvalue weighted by atomic mass is 32.2. The number of hydrazone groups is 1. The number of hydrogen-bond acceptors (Lipinski definition) is 6. The Morgan fingerprint density at radius 2 is 1.75 bits per heavy atom. The number of hydrogen-bond donors (Lipinski definition) is 1. The van der Waals surface area contributed by atoms with E-state index in [1.54, 1.807) is 30.1 Å². The van der Waals surface area contributed by atoms with Crippen LogP contribution >= 0.6 is 23.5 Å². The first-order valence-electron chi connectivity index (χ1n) is 9.81. The highest BCUT2D eigenvalue weighted by Crippen LogP contribution is 2.21. The molecule has 1 N–H and O–H groups in total. The summed E-state index contributed by atoms with van der Waals surface area (Å²) in [4.78, 5) is 31.3. The Balaban J connectivity index is 1.51. The molecule has 0 fully saturated rings. The van der Waals surface area contributed by atoms with Crippen molar-refractivity contribution >= 4 is 46.5 Å². The monoisotopic (exact) mass is 460 g/mol. The van der Waals surface area contributed by atoms with Crippen LogP contribution in [0, 0.1) is 0 Å². The van der Waals surface area contributed by atoms with Crippen LogP contribution < -0.4 is 11.0 Å². The first-order valence-corrected chi connectivity index (χ1v) is 12.0. The molecule has 0 bridgehead atoms. The van der Waals surface area contributed by atoms with E-state index in [1.807, 2.05) is 73.0 Å².